The van der Waals surface area contributed by atoms with Crippen molar-refractivity contribution in [1.82, 2.24) is 25.0 Å². The van der Waals surface area contributed by atoms with E-state index in [-0.39, 0.29) is 11.8 Å². The zero-order valence-electron chi connectivity index (χ0n) is 18.8. The van der Waals surface area contributed by atoms with Gasteiger partial charge in [-0.25, -0.2) is 4.68 Å². The minimum atomic E-state index is -0.377. The van der Waals surface area contributed by atoms with E-state index >= 15 is 0 Å². The smallest absolute Gasteiger partial charge is 0.228 e. The Morgan fingerprint density at radius 2 is 2.00 bits per heavy atom. The Bertz CT molecular complexity index is 1220. The van der Waals surface area contributed by atoms with Crippen LogP contribution in [-0.4, -0.2) is 63.7 Å². The average molecular weight is 450 g/mol. The van der Waals surface area contributed by atoms with Crippen LogP contribution in [0.4, 0.5) is 11.8 Å². The first kappa shape index (κ1) is 20.4. The number of nitrogens with zero attached hydrogens (tertiary/aromatic N) is 5. The highest BCUT2D eigenvalue weighted by molar-refractivity contribution is 5.92. The number of ether oxygens (including phenoxy) is 3. The molecule has 10 nitrogen and oxygen atoms in total. The van der Waals surface area contributed by atoms with Gasteiger partial charge in [0.25, 0.3) is 0 Å². The van der Waals surface area contributed by atoms with E-state index in [9.17, 15) is 0 Å². The van der Waals surface area contributed by atoms with Crippen LogP contribution in [0.25, 0.3) is 16.6 Å². The van der Waals surface area contributed by atoms with Crippen LogP contribution in [0.2, 0.25) is 0 Å². The van der Waals surface area contributed by atoms with Gasteiger partial charge in [-0.3, -0.25) is 0 Å². The zero-order valence-corrected chi connectivity index (χ0v) is 18.8. The molecule has 2 fully saturated rings. The van der Waals surface area contributed by atoms with E-state index in [0.717, 1.165) is 59.2 Å². The predicted octanol–water partition coefficient (Wildman–Crippen LogP) is 2.72. The molecule has 0 radical (unpaired) electrons. The lowest BCUT2D eigenvalue weighted by Crippen LogP contribution is -2.39. The third kappa shape index (κ3) is 3.59. The third-order valence-corrected chi connectivity index (χ3v) is 6.73. The molecule has 33 heavy (non-hydrogen) atoms. The number of hydrogen-bond acceptors (Lipinski definition) is 9. The summed E-state index contributed by atoms with van der Waals surface area (Å²) in [5.41, 5.74) is 4.77. The van der Waals surface area contributed by atoms with Crippen molar-refractivity contribution in [3.63, 3.8) is 0 Å². The van der Waals surface area contributed by atoms with E-state index in [1.807, 2.05) is 13.1 Å². The maximum absolute atomic E-state index is 5.85. The van der Waals surface area contributed by atoms with Gasteiger partial charge < -0.3 is 24.8 Å². The zero-order chi connectivity index (χ0) is 22.4. The molecule has 172 valence electrons. The molecule has 4 heterocycles. The quantitative estimate of drug-likeness (QED) is 0.621. The molecule has 1 spiro atoms. The number of nitrogens with one attached hydrogen (secondary N) is 2. The summed E-state index contributed by atoms with van der Waals surface area (Å²) in [4.78, 5) is 9.52. The normalized spacial score (nSPS) is 19.9. The van der Waals surface area contributed by atoms with Gasteiger partial charge in [-0.15, -0.1) is 5.10 Å². The van der Waals surface area contributed by atoms with Gasteiger partial charge >= 0.3 is 0 Å². The Balaban J connectivity index is 1.28. The van der Waals surface area contributed by atoms with Crippen molar-refractivity contribution in [3.05, 3.63) is 35.4 Å². The number of benzene rings is 1. The molecular weight excluding hydrogens is 422 g/mol. The average Bonchev–Trinajstić information content (AvgIpc) is 3.46. The van der Waals surface area contributed by atoms with Gasteiger partial charge in [0.2, 0.25) is 11.8 Å². The third-order valence-electron chi connectivity index (χ3n) is 6.73. The summed E-state index contributed by atoms with van der Waals surface area (Å²) >= 11 is 0. The lowest BCUT2D eigenvalue weighted by molar-refractivity contribution is -0.177. The topological polar surface area (TPSA) is 108 Å². The standard InChI is InChI=1S/C23H27N7O3/c1-30-18-13-14(3-4-17(18)28-29-30)16-7-10-24-20-19(16)21(31-2)27-22(26-20)25-15-5-8-23(9-6-15)32-11-12-33-23/h3-4,7,13,15H,5-6,8-12H2,1-2H3,(H2,24,25,26,27). The summed E-state index contributed by atoms with van der Waals surface area (Å²) < 4.78 is 19.2. The summed E-state index contributed by atoms with van der Waals surface area (Å²) in [5.74, 6) is 1.50. The van der Waals surface area contributed by atoms with Gasteiger partial charge in [-0.1, -0.05) is 17.4 Å². The Morgan fingerprint density at radius 1 is 1.18 bits per heavy atom. The molecule has 0 amide bonds. The molecule has 2 N–H and O–H groups in total. The predicted molar refractivity (Wildman–Crippen MR) is 123 cm³/mol. The first-order valence-electron chi connectivity index (χ1n) is 11.4. The van der Waals surface area contributed by atoms with Crippen LogP contribution < -0.4 is 15.4 Å². The molecule has 1 aliphatic carbocycles. The number of methoxy groups -OCH3 is 1. The Labute approximate surface area is 191 Å². The molecule has 0 bridgehead atoms. The van der Waals surface area contributed by atoms with Crippen LogP contribution in [0.5, 0.6) is 5.88 Å². The molecule has 0 unspecified atom stereocenters. The molecule has 6 rings (SSSR count). The number of aryl methyl sites for hydroxylation is 1. The number of rotatable bonds is 4. The first-order chi connectivity index (χ1) is 16.1. The minimum absolute atomic E-state index is 0.268. The SMILES string of the molecule is COc1nc(NC2CCC3(CC2)OCCO3)nc2c1C(c1ccc3nnn(C)c3c1)=CCN2. The number of aromatic nitrogens is 5. The van der Waals surface area contributed by atoms with Crippen LogP contribution in [0.15, 0.2) is 24.3 Å². The van der Waals surface area contributed by atoms with Crippen LogP contribution in [0, 0.1) is 0 Å². The molecule has 3 aromatic rings. The van der Waals surface area contributed by atoms with Gasteiger partial charge in [0.1, 0.15) is 11.3 Å². The van der Waals surface area contributed by atoms with Crippen molar-refractivity contribution in [1.29, 1.82) is 0 Å². The number of fused-ring (bicyclic) bond motifs is 2. The summed E-state index contributed by atoms with van der Waals surface area (Å²) in [7, 11) is 3.54. The fourth-order valence-corrected chi connectivity index (χ4v) is 5.01. The molecule has 2 aliphatic heterocycles. The molecule has 3 aliphatic rings. The van der Waals surface area contributed by atoms with Crippen LogP contribution in [0.3, 0.4) is 0 Å². The van der Waals surface area contributed by atoms with Crippen molar-refractivity contribution in [2.75, 3.05) is 37.5 Å². The minimum Gasteiger partial charge on any atom is -0.480 e. The van der Waals surface area contributed by atoms with Crippen LogP contribution in [-0.2, 0) is 16.5 Å². The maximum Gasteiger partial charge on any atom is 0.228 e. The summed E-state index contributed by atoms with van der Waals surface area (Å²) in [6.45, 7) is 2.05. The van der Waals surface area contributed by atoms with Crippen molar-refractivity contribution < 1.29 is 14.2 Å². The monoisotopic (exact) mass is 449 g/mol. The second kappa shape index (κ2) is 7.96. The van der Waals surface area contributed by atoms with Gasteiger partial charge in [0.05, 0.1) is 31.4 Å². The summed E-state index contributed by atoms with van der Waals surface area (Å²) in [6.07, 6.45) is 5.78. The fourth-order valence-electron chi connectivity index (χ4n) is 5.01. The summed E-state index contributed by atoms with van der Waals surface area (Å²) in [6, 6.07) is 6.39. The lowest BCUT2D eigenvalue weighted by atomic mass is 9.90. The van der Waals surface area contributed by atoms with Crippen molar-refractivity contribution in [3.8, 4) is 5.88 Å². The maximum atomic E-state index is 5.85. The molecule has 1 saturated carbocycles. The number of anilines is 2. The van der Waals surface area contributed by atoms with Crippen molar-refractivity contribution in [2.45, 2.75) is 37.5 Å². The van der Waals surface area contributed by atoms with Gasteiger partial charge in [0, 0.05) is 32.5 Å². The molecule has 1 saturated heterocycles. The summed E-state index contributed by atoms with van der Waals surface area (Å²) in [5, 5.41) is 15.2. The Hall–Kier alpha value is -3.24. The second-order valence-electron chi connectivity index (χ2n) is 8.72. The van der Waals surface area contributed by atoms with Crippen molar-refractivity contribution >= 4 is 28.4 Å². The van der Waals surface area contributed by atoms with E-state index < -0.39 is 0 Å². The largest absolute Gasteiger partial charge is 0.480 e. The Kier molecular flexibility index (Phi) is 4.92. The highest BCUT2D eigenvalue weighted by Gasteiger charge is 2.40. The van der Waals surface area contributed by atoms with E-state index in [1.165, 1.54) is 0 Å². The van der Waals surface area contributed by atoms with Gasteiger partial charge in [-0.2, -0.15) is 9.97 Å². The van der Waals surface area contributed by atoms with Crippen molar-refractivity contribution in [2.24, 2.45) is 7.05 Å². The molecular formula is C23H27N7O3. The molecule has 2 aromatic heterocycles. The van der Waals surface area contributed by atoms with E-state index in [1.54, 1.807) is 11.8 Å². The van der Waals surface area contributed by atoms with E-state index in [0.29, 0.717) is 31.6 Å². The first-order valence-corrected chi connectivity index (χ1v) is 11.4. The number of hydrogen-bond donors (Lipinski definition) is 2. The van der Waals surface area contributed by atoms with E-state index in [4.69, 9.17) is 24.2 Å². The molecule has 10 heteroatoms. The van der Waals surface area contributed by atoms with Gasteiger partial charge in [0.15, 0.2) is 5.79 Å². The van der Waals surface area contributed by atoms with Crippen LogP contribution in [0.1, 0.15) is 36.8 Å². The Morgan fingerprint density at radius 3 is 2.79 bits per heavy atom. The van der Waals surface area contributed by atoms with Crippen LogP contribution >= 0.6 is 0 Å². The van der Waals surface area contributed by atoms with E-state index in [2.05, 4.69) is 39.2 Å². The molecule has 1 aromatic carbocycles. The highest BCUT2D eigenvalue weighted by atomic mass is 16.7. The lowest BCUT2D eigenvalue weighted by Gasteiger charge is -2.35. The van der Waals surface area contributed by atoms with Gasteiger partial charge in [-0.05, 0) is 36.1 Å². The fraction of sp³-hybridized carbons (Fsp3) is 0.478. The molecule has 0 atom stereocenters. The highest BCUT2D eigenvalue weighted by Crippen LogP contribution is 2.40. The second-order valence-corrected chi connectivity index (χ2v) is 8.72.